The predicted octanol–water partition coefficient (Wildman–Crippen LogP) is 0.895. The second-order valence-electron chi connectivity index (χ2n) is 2.44. The number of rotatable bonds is 3. The van der Waals surface area contributed by atoms with E-state index in [1.807, 2.05) is 0 Å². The lowest BCUT2D eigenvalue weighted by molar-refractivity contribution is -0.119. The van der Waals surface area contributed by atoms with Crippen molar-refractivity contribution in [1.82, 2.24) is 0 Å². The van der Waals surface area contributed by atoms with Crippen LogP contribution in [0.1, 0.15) is 0 Å². The number of carbonyl (C=O) groups excluding carboxylic acids is 1. The molecule has 1 aromatic rings. The molecule has 1 amide bonds. The Bertz CT molecular complexity index is 328. The summed E-state index contributed by atoms with van der Waals surface area (Å²) < 4.78 is 5.82. The minimum atomic E-state index is -0.519. The average molecular weight is 245 g/mol. The van der Waals surface area contributed by atoms with Gasteiger partial charge in [0.25, 0.3) is 5.91 Å². The molecule has 13 heavy (non-hydrogen) atoms. The number of nitrogens with two attached hydrogens (primary N) is 2. The number of hydrogen-bond donors (Lipinski definition) is 2. The molecule has 0 aromatic heterocycles. The zero-order valence-electron chi connectivity index (χ0n) is 6.79. The maximum absolute atomic E-state index is 10.4. The Kier molecular flexibility index (Phi) is 3.13. The summed E-state index contributed by atoms with van der Waals surface area (Å²) in [4.78, 5) is 10.4. The van der Waals surface area contributed by atoms with E-state index >= 15 is 0 Å². The van der Waals surface area contributed by atoms with Crippen LogP contribution < -0.4 is 16.2 Å². The Balaban J connectivity index is 2.75. The molecule has 0 atom stereocenters. The second kappa shape index (κ2) is 4.13. The molecule has 0 bridgehead atoms. The molecular weight excluding hydrogens is 236 g/mol. The number of halogens is 1. The number of ether oxygens (including phenoxy) is 1. The van der Waals surface area contributed by atoms with Crippen LogP contribution in [0.2, 0.25) is 0 Å². The van der Waals surface area contributed by atoms with Crippen molar-refractivity contribution in [1.29, 1.82) is 0 Å². The van der Waals surface area contributed by atoms with Crippen molar-refractivity contribution in [3.63, 3.8) is 0 Å². The van der Waals surface area contributed by atoms with Crippen molar-refractivity contribution < 1.29 is 9.53 Å². The number of primary amides is 1. The van der Waals surface area contributed by atoms with E-state index in [0.29, 0.717) is 11.4 Å². The highest BCUT2D eigenvalue weighted by molar-refractivity contribution is 9.10. The Morgan fingerprint density at radius 1 is 1.54 bits per heavy atom. The van der Waals surface area contributed by atoms with Gasteiger partial charge in [-0.2, -0.15) is 0 Å². The monoisotopic (exact) mass is 244 g/mol. The van der Waals surface area contributed by atoms with E-state index in [2.05, 4.69) is 15.9 Å². The first-order valence-electron chi connectivity index (χ1n) is 3.55. The van der Waals surface area contributed by atoms with Gasteiger partial charge >= 0.3 is 0 Å². The van der Waals surface area contributed by atoms with Gasteiger partial charge in [-0.25, -0.2) is 0 Å². The first-order valence-corrected chi connectivity index (χ1v) is 4.35. The van der Waals surface area contributed by atoms with Crippen LogP contribution in [0.15, 0.2) is 22.7 Å². The van der Waals surface area contributed by atoms with Gasteiger partial charge in [-0.15, -0.1) is 0 Å². The molecule has 4 N–H and O–H groups in total. The van der Waals surface area contributed by atoms with Gasteiger partial charge in [0.1, 0.15) is 5.75 Å². The number of benzene rings is 1. The minimum absolute atomic E-state index is 0.151. The zero-order valence-corrected chi connectivity index (χ0v) is 8.37. The van der Waals surface area contributed by atoms with Crippen LogP contribution in [0.4, 0.5) is 5.69 Å². The fraction of sp³-hybridized carbons (Fsp3) is 0.125. The van der Waals surface area contributed by atoms with Crippen LogP contribution in [-0.2, 0) is 4.79 Å². The molecule has 0 heterocycles. The maximum Gasteiger partial charge on any atom is 0.255 e. The molecule has 0 aliphatic rings. The van der Waals surface area contributed by atoms with Gasteiger partial charge in [0.2, 0.25) is 0 Å². The highest BCUT2D eigenvalue weighted by Gasteiger charge is 2.02. The van der Waals surface area contributed by atoms with E-state index in [-0.39, 0.29) is 6.61 Å². The molecule has 1 rings (SSSR count). The van der Waals surface area contributed by atoms with E-state index < -0.39 is 5.91 Å². The fourth-order valence-corrected chi connectivity index (χ4v) is 1.14. The smallest absolute Gasteiger partial charge is 0.255 e. The number of amides is 1. The largest absolute Gasteiger partial charge is 0.483 e. The molecule has 4 nitrogen and oxygen atoms in total. The summed E-state index contributed by atoms with van der Waals surface area (Å²) in [6.07, 6.45) is 0. The number of anilines is 1. The summed E-state index contributed by atoms with van der Waals surface area (Å²) in [6.45, 7) is -0.151. The van der Waals surface area contributed by atoms with Crippen LogP contribution in [-0.4, -0.2) is 12.5 Å². The van der Waals surface area contributed by atoms with Gasteiger partial charge in [-0.05, 0) is 28.1 Å². The lowest BCUT2D eigenvalue weighted by Gasteiger charge is -2.06. The lowest BCUT2D eigenvalue weighted by atomic mass is 10.3. The lowest BCUT2D eigenvalue weighted by Crippen LogP contribution is -2.20. The summed E-state index contributed by atoms with van der Waals surface area (Å²) in [5, 5.41) is 0. The Hall–Kier alpha value is -1.23. The Morgan fingerprint density at radius 2 is 2.23 bits per heavy atom. The molecule has 0 saturated carbocycles. The average Bonchev–Trinajstić information content (AvgIpc) is 2.06. The van der Waals surface area contributed by atoms with Crippen molar-refractivity contribution in [2.75, 3.05) is 12.3 Å². The van der Waals surface area contributed by atoms with Gasteiger partial charge in [-0.1, -0.05) is 0 Å². The van der Waals surface area contributed by atoms with E-state index in [1.54, 1.807) is 18.2 Å². The van der Waals surface area contributed by atoms with Gasteiger partial charge in [0.05, 0.1) is 4.47 Å². The predicted molar refractivity (Wildman–Crippen MR) is 53.2 cm³/mol. The van der Waals surface area contributed by atoms with Crippen LogP contribution in [0.25, 0.3) is 0 Å². The Labute approximate surface area is 84.0 Å². The fourth-order valence-electron chi connectivity index (χ4n) is 0.779. The van der Waals surface area contributed by atoms with Crippen LogP contribution in [0.3, 0.4) is 0 Å². The molecule has 5 heteroatoms. The third-order valence-corrected chi connectivity index (χ3v) is 1.98. The molecule has 0 saturated heterocycles. The topological polar surface area (TPSA) is 78.3 Å². The molecule has 0 radical (unpaired) electrons. The summed E-state index contributed by atoms with van der Waals surface area (Å²) in [5.41, 5.74) is 11.0. The number of carbonyl (C=O) groups is 1. The minimum Gasteiger partial charge on any atom is -0.483 e. The van der Waals surface area contributed by atoms with Crippen LogP contribution >= 0.6 is 15.9 Å². The highest BCUT2D eigenvalue weighted by Crippen LogP contribution is 2.26. The first kappa shape index (κ1) is 9.85. The van der Waals surface area contributed by atoms with Gasteiger partial charge < -0.3 is 16.2 Å². The van der Waals surface area contributed by atoms with Gasteiger partial charge in [-0.3, -0.25) is 4.79 Å². The van der Waals surface area contributed by atoms with Gasteiger partial charge in [0.15, 0.2) is 6.61 Å². The summed E-state index contributed by atoms with van der Waals surface area (Å²) in [7, 11) is 0. The van der Waals surface area contributed by atoms with E-state index in [4.69, 9.17) is 16.2 Å². The van der Waals surface area contributed by atoms with Crippen LogP contribution in [0.5, 0.6) is 5.75 Å². The maximum atomic E-state index is 10.4. The summed E-state index contributed by atoms with van der Waals surface area (Å²) in [5.74, 6) is -0.00637. The first-order chi connectivity index (χ1) is 6.09. The third-order valence-electron chi connectivity index (χ3n) is 1.33. The molecule has 0 aliphatic heterocycles. The molecule has 0 aliphatic carbocycles. The van der Waals surface area contributed by atoms with Gasteiger partial charge in [0, 0.05) is 11.8 Å². The highest BCUT2D eigenvalue weighted by atomic mass is 79.9. The van der Waals surface area contributed by atoms with Crippen molar-refractivity contribution >= 4 is 27.5 Å². The van der Waals surface area contributed by atoms with E-state index in [0.717, 1.165) is 4.47 Å². The summed E-state index contributed by atoms with van der Waals surface area (Å²) >= 11 is 3.25. The van der Waals surface area contributed by atoms with Crippen molar-refractivity contribution in [2.24, 2.45) is 5.73 Å². The van der Waals surface area contributed by atoms with Crippen LogP contribution in [0, 0.1) is 0 Å². The zero-order chi connectivity index (χ0) is 9.84. The third kappa shape index (κ3) is 2.95. The van der Waals surface area contributed by atoms with E-state index in [1.165, 1.54) is 0 Å². The Morgan fingerprint density at radius 3 is 2.85 bits per heavy atom. The molecule has 70 valence electrons. The summed E-state index contributed by atoms with van der Waals surface area (Å²) in [6, 6.07) is 5.08. The molecule has 1 aromatic carbocycles. The van der Waals surface area contributed by atoms with E-state index in [9.17, 15) is 4.79 Å². The standard InChI is InChI=1S/C8H9BrN2O2/c9-6-2-1-5(10)3-7(6)13-4-8(11)12/h1-3H,4,10H2,(H2,11,12). The quantitative estimate of drug-likeness (QED) is 0.776. The SMILES string of the molecule is NC(=O)COc1cc(N)ccc1Br. The van der Waals surface area contributed by atoms with Crippen molar-refractivity contribution in [3.8, 4) is 5.75 Å². The number of hydrogen-bond acceptors (Lipinski definition) is 3. The van der Waals surface area contributed by atoms with Crippen molar-refractivity contribution in [2.45, 2.75) is 0 Å². The second-order valence-corrected chi connectivity index (χ2v) is 3.30. The molecule has 0 fully saturated rings. The molecular formula is C8H9BrN2O2. The normalized spacial score (nSPS) is 9.62. The number of nitrogen functional groups attached to an aromatic ring is 1. The molecule has 0 unspecified atom stereocenters. The van der Waals surface area contributed by atoms with Crippen molar-refractivity contribution in [3.05, 3.63) is 22.7 Å². The molecule has 0 spiro atoms.